The summed E-state index contributed by atoms with van der Waals surface area (Å²) in [5, 5.41) is 28.3. The maximum absolute atomic E-state index is 13.0. The number of azo groups is 1. The molecule has 0 aliphatic carbocycles. The molecular formula is C23H22N4O2. The molecule has 1 N–H and O–H groups in total. The van der Waals surface area contributed by atoms with Crippen molar-refractivity contribution in [3.05, 3.63) is 86.7 Å². The maximum atomic E-state index is 13.0. The molecule has 0 bridgehead atoms. The molecule has 1 aromatic heterocycles. The van der Waals surface area contributed by atoms with Crippen LogP contribution in [-0.2, 0) is 13.0 Å². The lowest BCUT2D eigenvalue weighted by Crippen LogP contribution is -2.22. The zero-order valence-corrected chi connectivity index (χ0v) is 16.7. The summed E-state index contributed by atoms with van der Waals surface area (Å²) in [6.07, 6.45) is 0.538. The fourth-order valence-electron chi connectivity index (χ4n) is 3.05. The van der Waals surface area contributed by atoms with Crippen LogP contribution in [0.3, 0.4) is 0 Å². The van der Waals surface area contributed by atoms with Crippen molar-refractivity contribution in [2.45, 2.75) is 33.7 Å². The average molecular weight is 386 g/mol. The number of aryl methyl sites for hydroxylation is 3. The van der Waals surface area contributed by atoms with Gasteiger partial charge in [0.25, 0.3) is 5.56 Å². The Kier molecular flexibility index (Phi) is 5.89. The highest BCUT2D eigenvalue weighted by Gasteiger charge is 2.19. The largest absolute Gasteiger partial charge is 0.493 e. The van der Waals surface area contributed by atoms with Gasteiger partial charge in [0.2, 0.25) is 5.88 Å². The van der Waals surface area contributed by atoms with E-state index in [2.05, 4.69) is 10.2 Å². The summed E-state index contributed by atoms with van der Waals surface area (Å²) in [6, 6.07) is 17.2. The second-order valence-electron chi connectivity index (χ2n) is 6.94. The number of hydrogen-bond donors (Lipinski definition) is 1. The van der Waals surface area contributed by atoms with E-state index in [9.17, 15) is 15.2 Å². The van der Waals surface area contributed by atoms with Crippen LogP contribution in [0.15, 0.2) is 63.6 Å². The predicted molar refractivity (Wildman–Crippen MR) is 112 cm³/mol. The van der Waals surface area contributed by atoms with E-state index in [-0.39, 0.29) is 23.7 Å². The van der Waals surface area contributed by atoms with Gasteiger partial charge in [-0.25, -0.2) is 0 Å². The third-order valence-corrected chi connectivity index (χ3v) is 4.99. The number of aromatic hydroxyl groups is 1. The van der Waals surface area contributed by atoms with Crippen LogP contribution in [0, 0.1) is 32.1 Å². The minimum Gasteiger partial charge on any atom is -0.493 e. The van der Waals surface area contributed by atoms with Gasteiger partial charge in [-0.2, -0.15) is 10.4 Å². The van der Waals surface area contributed by atoms with Crippen molar-refractivity contribution < 1.29 is 5.11 Å². The molecule has 0 unspecified atom stereocenters. The Morgan fingerprint density at radius 1 is 1.03 bits per heavy atom. The Hall–Kier alpha value is -3.72. The molecule has 0 saturated heterocycles. The van der Waals surface area contributed by atoms with Crippen LogP contribution in [0.2, 0.25) is 0 Å². The Labute approximate surface area is 169 Å². The van der Waals surface area contributed by atoms with Crippen LogP contribution < -0.4 is 5.56 Å². The zero-order chi connectivity index (χ0) is 21.0. The third kappa shape index (κ3) is 4.25. The molecular weight excluding hydrogens is 364 g/mol. The van der Waals surface area contributed by atoms with Crippen molar-refractivity contribution >= 4 is 11.4 Å². The summed E-state index contributed by atoms with van der Waals surface area (Å²) in [4.78, 5) is 13.0. The third-order valence-electron chi connectivity index (χ3n) is 4.99. The highest BCUT2D eigenvalue weighted by Crippen LogP contribution is 2.27. The van der Waals surface area contributed by atoms with E-state index in [1.807, 2.05) is 68.4 Å². The van der Waals surface area contributed by atoms with Crippen LogP contribution in [0.25, 0.3) is 0 Å². The van der Waals surface area contributed by atoms with Crippen LogP contribution >= 0.6 is 0 Å². The van der Waals surface area contributed by atoms with Gasteiger partial charge in [-0.05, 0) is 56.0 Å². The molecule has 0 fully saturated rings. The number of aromatic nitrogens is 1. The summed E-state index contributed by atoms with van der Waals surface area (Å²) in [7, 11) is 0. The summed E-state index contributed by atoms with van der Waals surface area (Å²) in [6.45, 7) is 5.81. The van der Waals surface area contributed by atoms with E-state index in [1.54, 1.807) is 6.92 Å². The molecule has 1 heterocycles. The molecule has 146 valence electrons. The van der Waals surface area contributed by atoms with Gasteiger partial charge in [0, 0.05) is 12.1 Å². The lowest BCUT2D eigenvalue weighted by atomic mass is 10.1. The highest BCUT2D eigenvalue weighted by molar-refractivity contribution is 5.57. The van der Waals surface area contributed by atoms with Crippen molar-refractivity contribution in [1.29, 1.82) is 5.26 Å². The fraction of sp³-hybridized carbons (Fsp3) is 0.217. The first-order chi connectivity index (χ1) is 13.9. The van der Waals surface area contributed by atoms with Gasteiger partial charge in [-0.3, -0.25) is 9.36 Å². The van der Waals surface area contributed by atoms with E-state index in [1.165, 1.54) is 4.57 Å². The van der Waals surface area contributed by atoms with E-state index in [4.69, 9.17) is 0 Å². The van der Waals surface area contributed by atoms with Gasteiger partial charge >= 0.3 is 0 Å². The molecule has 0 atom stereocenters. The van der Waals surface area contributed by atoms with Gasteiger partial charge in [-0.15, -0.1) is 5.11 Å². The summed E-state index contributed by atoms with van der Waals surface area (Å²) < 4.78 is 1.19. The quantitative estimate of drug-likeness (QED) is 0.625. The molecule has 6 nitrogen and oxygen atoms in total. The first kappa shape index (κ1) is 20.0. The van der Waals surface area contributed by atoms with E-state index >= 15 is 0 Å². The smallest absolute Gasteiger partial charge is 0.281 e. The Balaban J connectivity index is 2.02. The summed E-state index contributed by atoms with van der Waals surface area (Å²) in [5.74, 6) is -0.337. The SMILES string of the molecule is Cc1ccc(N=Nc2c(C)c(C#N)c(O)n(CCc3ccccc3)c2=O)cc1C. The number of nitriles is 1. The number of nitrogens with zero attached hydrogens (tertiary/aromatic N) is 4. The van der Waals surface area contributed by atoms with E-state index in [0.29, 0.717) is 17.7 Å². The van der Waals surface area contributed by atoms with Crippen molar-refractivity contribution in [3.8, 4) is 11.9 Å². The Morgan fingerprint density at radius 3 is 2.41 bits per heavy atom. The van der Waals surface area contributed by atoms with Crippen molar-refractivity contribution in [2.75, 3.05) is 0 Å². The molecule has 0 amide bonds. The number of hydrogen-bond acceptors (Lipinski definition) is 5. The van der Waals surface area contributed by atoms with E-state index in [0.717, 1.165) is 16.7 Å². The summed E-state index contributed by atoms with van der Waals surface area (Å²) >= 11 is 0. The van der Waals surface area contributed by atoms with Gasteiger partial charge in [0.05, 0.1) is 5.69 Å². The maximum Gasteiger partial charge on any atom is 0.281 e. The number of pyridine rings is 1. The fourth-order valence-corrected chi connectivity index (χ4v) is 3.05. The average Bonchev–Trinajstić information content (AvgIpc) is 2.71. The van der Waals surface area contributed by atoms with Crippen LogP contribution in [-0.4, -0.2) is 9.67 Å². The second kappa shape index (κ2) is 8.53. The van der Waals surface area contributed by atoms with Gasteiger partial charge in [-0.1, -0.05) is 36.4 Å². The topological polar surface area (TPSA) is 90.7 Å². The lowest BCUT2D eigenvalue weighted by Gasteiger charge is -2.13. The molecule has 2 aromatic carbocycles. The standard InChI is InChI=1S/C23H22N4O2/c1-15-9-10-19(13-16(15)2)25-26-21-17(3)20(14-24)22(28)27(23(21)29)12-11-18-7-5-4-6-8-18/h4-10,13,28H,11-12H2,1-3H3. The number of rotatable bonds is 5. The molecule has 0 radical (unpaired) electrons. The van der Waals surface area contributed by atoms with Crippen LogP contribution in [0.4, 0.5) is 11.4 Å². The lowest BCUT2D eigenvalue weighted by molar-refractivity contribution is 0.404. The molecule has 6 heteroatoms. The van der Waals surface area contributed by atoms with Gasteiger partial charge < -0.3 is 5.11 Å². The van der Waals surface area contributed by atoms with Crippen LogP contribution in [0.5, 0.6) is 5.88 Å². The first-order valence-electron chi connectivity index (χ1n) is 9.31. The van der Waals surface area contributed by atoms with Crippen molar-refractivity contribution in [3.63, 3.8) is 0 Å². The van der Waals surface area contributed by atoms with Gasteiger partial charge in [0.1, 0.15) is 11.6 Å². The second-order valence-corrected chi connectivity index (χ2v) is 6.94. The molecule has 29 heavy (non-hydrogen) atoms. The van der Waals surface area contributed by atoms with Crippen molar-refractivity contribution in [1.82, 2.24) is 4.57 Å². The van der Waals surface area contributed by atoms with E-state index < -0.39 is 5.56 Å². The minimum absolute atomic E-state index is 0.0340. The Bertz CT molecular complexity index is 1170. The van der Waals surface area contributed by atoms with Crippen molar-refractivity contribution in [2.24, 2.45) is 10.2 Å². The summed E-state index contributed by atoms with van der Waals surface area (Å²) in [5.41, 5.74) is 3.80. The minimum atomic E-state index is -0.470. The molecule has 3 aromatic rings. The van der Waals surface area contributed by atoms with Gasteiger partial charge in [0.15, 0.2) is 5.69 Å². The molecule has 0 saturated carbocycles. The van der Waals surface area contributed by atoms with Crippen LogP contribution in [0.1, 0.15) is 27.8 Å². The number of benzene rings is 2. The molecule has 0 spiro atoms. The normalized spacial score (nSPS) is 11.0. The zero-order valence-electron chi connectivity index (χ0n) is 16.7. The highest BCUT2D eigenvalue weighted by atomic mass is 16.3. The monoisotopic (exact) mass is 386 g/mol. The molecule has 0 aliphatic heterocycles. The first-order valence-corrected chi connectivity index (χ1v) is 9.31. The molecule has 0 aliphatic rings. The molecule has 3 rings (SSSR count). The predicted octanol–water partition coefficient (Wildman–Crippen LogP) is 5.01. The Morgan fingerprint density at radius 2 is 1.76 bits per heavy atom.